The summed E-state index contributed by atoms with van der Waals surface area (Å²) in [4.78, 5) is 0. The van der Waals surface area contributed by atoms with E-state index < -0.39 is 0 Å². The van der Waals surface area contributed by atoms with Gasteiger partial charge >= 0.3 is 0 Å². The van der Waals surface area contributed by atoms with Crippen molar-refractivity contribution in [3.8, 4) is 11.1 Å². The SMILES string of the molecule is C1=Cc2c3c(cc4cccc(c24)C1)C(c1ccccc1)(c1ccccc1)c1ccccc1-3. The van der Waals surface area contributed by atoms with Crippen molar-refractivity contribution in [3.05, 3.63) is 149 Å². The third-order valence-corrected chi connectivity index (χ3v) is 7.33. The van der Waals surface area contributed by atoms with Crippen molar-refractivity contribution >= 4 is 16.8 Å². The van der Waals surface area contributed by atoms with Crippen molar-refractivity contribution in [1.82, 2.24) is 0 Å². The van der Waals surface area contributed by atoms with E-state index in [9.17, 15) is 0 Å². The molecule has 2 aliphatic carbocycles. The van der Waals surface area contributed by atoms with Crippen LogP contribution < -0.4 is 0 Å². The zero-order chi connectivity index (χ0) is 21.1. The van der Waals surface area contributed by atoms with E-state index in [4.69, 9.17) is 0 Å². The Hall–Kier alpha value is -3.90. The first kappa shape index (κ1) is 17.7. The summed E-state index contributed by atoms with van der Waals surface area (Å²) in [6, 6.07) is 40.3. The molecule has 0 heteroatoms. The van der Waals surface area contributed by atoms with E-state index >= 15 is 0 Å². The summed E-state index contributed by atoms with van der Waals surface area (Å²) in [6.07, 6.45) is 5.69. The highest BCUT2D eigenvalue weighted by Crippen LogP contribution is 2.58. The van der Waals surface area contributed by atoms with Crippen LogP contribution in [0, 0.1) is 0 Å². The van der Waals surface area contributed by atoms with E-state index in [-0.39, 0.29) is 5.41 Å². The Kier molecular flexibility index (Phi) is 3.63. The van der Waals surface area contributed by atoms with E-state index in [1.54, 1.807) is 0 Å². The molecule has 32 heavy (non-hydrogen) atoms. The second kappa shape index (κ2) is 6.55. The molecule has 150 valence electrons. The minimum Gasteiger partial charge on any atom is -0.0795 e. The lowest BCUT2D eigenvalue weighted by Gasteiger charge is -2.34. The van der Waals surface area contributed by atoms with Crippen LogP contribution in [0.15, 0.2) is 115 Å². The van der Waals surface area contributed by atoms with Gasteiger partial charge in [-0.2, -0.15) is 0 Å². The molecular weight excluding hydrogens is 384 g/mol. The normalized spacial score (nSPS) is 14.9. The molecule has 0 nitrogen and oxygen atoms in total. The van der Waals surface area contributed by atoms with Gasteiger partial charge in [-0.15, -0.1) is 0 Å². The van der Waals surface area contributed by atoms with Gasteiger partial charge in [0.25, 0.3) is 0 Å². The number of hydrogen-bond donors (Lipinski definition) is 0. The maximum Gasteiger partial charge on any atom is 0.0714 e. The Balaban J connectivity index is 1.74. The van der Waals surface area contributed by atoms with Crippen molar-refractivity contribution in [1.29, 1.82) is 0 Å². The molecule has 2 aliphatic rings. The van der Waals surface area contributed by atoms with Crippen LogP contribution in [-0.4, -0.2) is 0 Å². The first-order chi connectivity index (χ1) is 15.9. The summed E-state index contributed by atoms with van der Waals surface area (Å²) in [5, 5.41) is 2.75. The van der Waals surface area contributed by atoms with Crippen molar-refractivity contribution in [2.24, 2.45) is 0 Å². The molecular formula is C32H22. The Bertz CT molecular complexity index is 1480. The van der Waals surface area contributed by atoms with Gasteiger partial charge in [0.15, 0.2) is 0 Å². The van der Waals surface area contributed by atoms with Gasteiger partial charge in [0.05, 0.1) is 5.41 Å². The first-order valence-electron chi connectivity index (χ1n) is 11.4. The molecule has 7 rings (SSSR count). The minimum atomic E-state index is -0.333. The third kappa shape index (κ3) is 2.17. The molecule has 0 fully saturated rings. The Labute approximate surface area is 188 Å². The fraction of sp³-hybridized carbons (Fsp3) is 0.0625. The number of benzene rings is 5. The zero-order valence-corrected chi connectivity index (χ0v) is 17.8. The number of allylic oxidation sites excluding steroid dienone is 1. The van der Waals surface area contributed by atoms with Gasteiger partial charge in [0.2, 0.25) is 0 Å². The average Bonchev–Trinajstić information content (AvgIpc) is 3.17. The fourth-order valence-electron chi connectivity index (χ4n) is 6.13. The quantitative estimate of drug-likeness (QED) is 0.275. The van der Waals surface area contributed by atoms with E-state index in [1.165, 1.54) is 55.3 Å². The van der Waals surface area contributed by atoms with Crippen molar-refractivity contribution < 1.29 is 0 Å². The summed E-state index contributed by atoms with van der Waals surface area (Å²) in [6.45, 7) is 0. The van der Waals surface area contributed by atoms with Crippen LogP contribution >= 0.6 is 0 Å². The fourth-order valence-corrected chi connectivity index (χ4v) is 6.13. The molecule has 0 saturated heterocycles. The highest BCUT2D eigenvalue weighted by molar-refractivity contribution is 6.05. The monoisotopic (exact) mass is 406 g/mol. The first-order valence-corrected chi connectivity index (χ1v) is 11.4. The zero-order valence-electron chi connectivity index (χ0n) is 17.8. The molecule has 0 spiro atoms. The maximum absolute atomic E-state index is 2.47. The van der Waals surface area contributed by atoms with Gasteiger partial charge in [-0.3, -0.25) is 0 Å². The molecule has 0 aromatic heterocycles. The van der Waals surface area contributed by atoms with Crippen molar-refractivity contribution in [2.45, 2.75) is 11.8 Å². The topological polar surface area (TPSA) is 0 Å². The van der Waals surface area contributed by atoms with Crippen molar-refractivity contribution in [3.63, 3.8) is 0 Å². The van der Waals surface area contributed by atoms with Crippen LogP contribution in [0.25, 0.3) is 28.0 Å². The van der Waals surface area contributed by atoms with Crippen molar-refractivity contribution in [2.75, 3.05) is 0 Å². The van der Waals surface area contributed by atoms with Crippen LogP contribution in [0.5, 0.6) is 0 Å². The summed E-state index contributed by atoms with van der Waals surface area (Å²) >= 11 is 0. The van der Waals surface area contributed by atoms with Crippen LogP contribution in [0.2, 0.25) is 0 Å². The van der Waals surface area contributed by atoms with Crippen LogP contribution in [0.3, 0.4) is 0 Å². The predicted molar refractivity (Wildman–Crippen MR) is 134 cm³/mol. The second-order valence-electron chi connectivity index (χ2n) is 8.86. The molecule has 0 radical (unpaired) electrons. The molecule has 0 amide bonds. The largest absolute Gasteiger partial charge is 0.0795 e. The van der Waals surface area contributed by atoms with Gasteiger partial charge in [-0.05, 0) is 67.8 Å². The Morgan fingerprint density at radius 2 is 1.28 bits per heavy atom. The lowest BCUT2D eigenvalue weighted by atomic mass is 9.67. The predicted octanol–water partition coefficient (Wildman–Crippen LogP) is 7.77. The summed E-state index contributed by atoms with van der Waals surface area (Å²) in [5.74, 6) is 0. The summed E-state index contributed by atoms with van der Waals surface area (Å²) < 4.78 is 0. The lowest BCUT2D eigenvalue weighted by molar-refractivity contribution is 0.769. The number of hydrogen-bond acceptors (Lipinski definition) is 0. The van der Waals surface area contributed by atoms with E-state index in [2.05, 4.69) is 121 Å². The number of rotatable bonds is 2. The molecule has 0 aliphatic heterocycles. The summed E-state index contributed by atoms with van der Waals surface area (Å²) in [7, 11) is 0. The highest BCUT2D eigenvalue weighted by Gasteiger charge is 2.47. The van der Waals surface area contributed by atoms with Crippen LogP contribution in [-0.2, 0) is 11.8 Å². The molecule has 5 aromatic carbocycles. The van der Waals surface area contributed by atoms with Gasteiger partial charge in [0, 0.05) is 0 Å². The molecule has 0 unspecified atom stereocenters. The molecule has 0 atom stereocenters. The van der Waals surface area contributed by atoms with Crippen LogP contribution in [0.1, 0.15) is 33.4 Å². The molecule has 0 heterocycles. The number of fused-ring (bicyclic) bond motifs is 4. The summed E-state index contributed by atoms with van der Waals surface area (Å²) in [5.41, 5.74) is 10.6. The van der Waals surface area contributed by atoms with Gasteiger partial charge < -0.3 is 0 Å². The van der Waals surface area contributed by atoms with E-state index in [0.717, 1.165) is 6.42 Å². The molecule has 0 N–H and O–H groups in total. The minimum absolute atomic E-state index is 0.333. The van der Waals surface area contributed by atoms with Gasteiger partial charge in [-0.25, -0.2) is 0 Å². The smallest absolute Gasteiger partial charge is 0.0714 e. The standard InChI is InChI=1S/C32H22/c1-3-14-24(15-4-1)32(25-16-5-2-6-17-25)28-20-8-7-18-26(28)31-27-19-10-12-22-11-9-13-23(30(22)27)21-29(31)32/h1-11,13-21H,12H2. The average molecular weight is 407 g/mol. The second-order valence-corrected chi connectivity index (χ2v) is 8.86. The van der Waals surface area contributed by atoms with E-state index in [1.807, 2.05) is 0 Å². The Morgan fingerprint density at radius 3 is 2.03 bits per heavy atom. The van der Waals surface area contributed by atoms with Gasteiger partial charge in [0.1, 0.15) is 0 Å². The molecule has 0 saturated carbocycles. The highest BCUT2D eigenvalue weighted by atomic mass is 14.5. The Morgan fingerprint density at radius 1 is 0.594 bits per heavy atom. The van der Waals surface area contributed by atoms with Crippen LogP contribution in [0.4, 0.5) is 0 Å². The third-order valence-electron chi connectivity index (χ3n) is 7.33. The maximum atomic E-state index is 2.47. The van der Waals surface area contributed by atoms with E-state index in [0.29, 0.717) is 0 Å². The molecule has 5 aromatic rings. The van der Waals surface area contributed by atoms with Gasteiger partial charge in [-0.1, -0.05) is 115 Å². The lowest BCUT2D eigenvalue weighted by Crippen LogP contribution is -2.28. The molecule has 0 bridgehead atoms.